The van der Waals surface area contributed by atoms with Gasteiger partial charge in [0.2, 0.25) is 5.91 Å². The van der Waals surface area contributed by atoms with Crippen LogP contribution in [0.5, 0.6) is 0 Å². The summed E-state index contributed by atoms with van der Waals surface area (Å²) < 4.78 is 0. The van der Waals surface area contributed by atoms with Crippen LogP contribution < -0.4 is 10.6 Å². The number of carbonyl (C=O) groups excluding carboxylic acids is 1. The lowest BCUT2D eigenvalue weighted by atomic mass is 10.1. The van der Waals surface area contributed by atoms with Crippen molar-refractivity contribution < 1.29 is 4.79 Å². The molecule has 5 nitrogen and oxygen atoms in total. The van der Waals surface area contributed by atoms with Gasteiger partial charge in [0.05, 0.1) is 0 Å². The molecule has 2 N–H and O–H groups in total. The van der Waals surface area contributed by atoms with E-state index in [2.05, 4.69) is 34.4 Å². The summed E-state index contributed by atoms with van der Waals surface area (Å²) in [7, 11) is 0. The Morgan fingerprint density at radius 2 is 1.92 bits per heavy atom. The van der Waals surface area contributed by atoms with E-state index in [9.17, 15) is 4.79 Å². The molecule has 2 fully saturated rings. The summed E-state index contributed by atoms with van der Waals surface area (Å²) >= 11 is 0. The average Bonchev–Trinajstić information content (AvgIpc) is 3.26. The minimum Gasteiger partial charge on any atom is -0.357 e. The third-order valence-electron chi connectivity index (χ3n) is 5.17. The summed E-state index contributed by atoms with van der Waals surface area (Å²) in [6, 6.07) is 0.337. The molecule has 1 amide bonds. The van der Waals surface area contributed by atoms with Gasteiger partial charge in [0, 0.05) is 38.1 Å². The van der Waals surface area contributed by atoms with E-state index < -0.39 is 0 Å². The first kappa shape index (κ1) is 19.1. The van der Waals surface area contributed by atoms with E-state index in [4.69, 9.17) is 0 Å². The van der Waals surface area contributed by atoms with E-state index in [1.165, 1.54) is 32.1 Å². The number of unbranched alkanes of at least 4 members (excludes halogenated alkanes) is 3. The second kappa shape index (κ2) is 10.6. The number of hydrogen-bond donors (Lipinski definition) is 2. The maximum Gasteiger partial charge on any atom is 0.225 e. The number of likely N-dealkylation sites (tertiary alicyclic amines) is 1. The molecule has 0 spiro atoms. The highest BCUT2D eigenvalue weighted by atomic mass is 16.2. The Morgan fingerprint density at radius 1 is 1.12 bits per heavy atom. The molecule has 1 unspecified atom stereocenters. The van der Waals surface area contributed by atoms with Gasteiger partial charge in [-0.2, -0.15) is 0 Å². The quantitative estimate of drug-likeness (QED) is 0.407. The topological polar surface area (TPSA) is 56.7 Å². The Morgan fingerprint density at radius 3 is 2.62 bits per heavy atom. The van der Waals surface area contributed by atoms with Crippen molar-refractivity contribution in [1.82, 2.24) is 15.5 Å². The molecule has 1 aliphatic heterocycles. The zero-order valence-electron chi connectivity index (χ0n) is 15.6. The van der Waals surface area contributed by atoms with Crippen LogP contribution in [0.15, 0.2) is 4.99 Å². The number of nitrogens with zero attached hydrogens (tertiary/aromatic N) is 2. The zero-order chi connectivity index (χ0) is 17.2. The number of rotatable bonds is 8. The highest BCUT2D eigenvalue weighted by Gasteiger charge is 2.32. The van der Waals surface area contributed by atoms with Crippen LogP contribution in [0.25, 0.3) is 0 Å². The Bertz CT molecular complexity index is 404. The van der Waals surface area contributed by atoms with Gasteiger partial charge in [-0.1, -0.05) is 39.0 Å². The lowest BCUT2D eigenvalue weighted by Gasteiger charge is -2.21. The van der Waals surface area contributed by atoms with Gasteiger partial charge < -0.3 is 15.5 Å². The number of hydrogen-bond acceptors (Lipinski definition) is 2. The van der Waals surface area contributed by atoms with E-state index >= 15 is 0 Å². The van der Waals surface area contributed by atoms with Gasteiger partial charge in [0.25, 0.3) is 0 Å². The van der Waals surface area contributed by atoms with Crippen molar-refractivity contribution in [2.75, 3.05) is 26.2 Å². The zero-order valence-corrected chi connectivity index (χ0v) is 15.6. The standard InChI is InChI=1S/C19H36N4O/c1-3-5-6-9-13-21-19(20-4-2)22-17-12-14-23(15-17)18(24)16-10-7-8-11-16/h16-17H,3-15H2,1-2H3,(H2,20,21,22). The van der Waals surface area contributed by atoms with Crippen LogP contribution in [0, 0.1) is 5.92 Å². The highest BCUT2D eigenvalue weighted by Crippen LogP contribution is 2.27. The van der Waals surface area contributed by atoms with Gasteiger partial charge in [-0.25, -0.2) is 0 Å². The molecule has 0 aromatic carbocycles. The van der Waals surface area contributed by atoms with E-state index in [1.54, 1.807) is 0 Å². The van der Waals surface area contributed by atoms with Crippen LogP contribution in [0.3, 0.4) is 0 Å². The third kappa shape index (κ3) is 5.99. The smallest absolute Gasteiger partial charge is 0.225 e. The fourth-order valence-electron chi connectivity index (χ4n) is 3.75. The Balaban J connectivity index is 1.75. The summed E-state index contributed by atoms with van der Waals surface area (Å²) in [5, 5.41) is 6.86. The fourth-order valence-corrected chi connectivity index (χ4v) is 3.75. The van der Waals surface area contributed by atoms with Crippen molar-refractivity contribution in [3.05, 3.63) is 0 Å². The first-order valence-corrected chi connectivity index (χ1v) is 10.1. The first-order chi connectivity index (χ1) is 11.7. The van der Waals surface area contributed by atoms with Crippen LogP contribution in [-0.2, 0) is 4.79 Å². The van der Waals surface area contributed by atoms with Crippen LogP contribution >= 0.6 is 0 Å². The molecule has 1 atom stereocenters. The van der Waals surface area contributed by atoms with Crippen LogP contribution in [0.1, 0.15) is 71.6 Å². The van der Waals surface area contributed by atoms with Crippen LogP contribution in [0.2, 0.25) is 0 Å². The molecule has 2 aliphatic rings. The molecule has 0 radical (unpaired) electrons. The maximum atomic E-state index is 12.5. The predicted molar refractivity (Wildman–Crippen MR) is 100 cm³/mol. The Labute approximate surface area is 147 Å². The van der Waals surface area contributed by atoms with E-state index in [1.807, 2.05) is 0 Å². The third-order valence-corrected chi connectivity index (χ3v) is 5.17. The Hall–Kier alpha value is -1.26. The molecule has 24 heavy (non-hydrogen) atoms. The fraction of sp³-hybridized carbons (Fsp3) is 0.895. The van der Waals surface area contributed by atoms with Crippen molar-refractivity contribution in [3.8, 4) is 0 Å². The highest BCUT2D eigenvalue weighted by molar-refractivity contribution is 5.81. The van der Waals surface area contributed by atoms with Crippen molar-refractivity contribution in [2.24, 2.45) is 10.9 Å². The predicted octanol–water partition coefficient (Wildman–Crippen LogP) is 2.91. The van der Waals surface area contributed by atoms with E-state index in [0.29, 0.717) is 17.9 Å². The van der Waals surface area contributed by atoms with Gasteiger partial charge in [-0.05, 0) is 32.6 Å². The first-order valence-electron chi connectivity index (χ1n) is 10.1. The molecule has 5 heteroatoms. The molecule has 138 valence electrons. The second-order valence-electron chi connectivity index (χ2n) is 7.22. The summed E-state index contributed by atoms with van der Waals surface area (Å²) in [6.45, 7) is 7.80. The lowest BCUT2D eigenvalue weighted by molar-refractivity contribution is -0.134. The Kier molecular flexibility index (Phi) is 8.40. The largest absolute Gasteiger partial charge is 0.357 e. The van der Waals surface area contributed by atoms with E-state index in [-0.39, 0.29) is 0 Å². The molecule has 0 aromatic heterocycles. The molecular formula is C19H36N4O. The summed E-state index contributed by atoms with van der Waals surface area (Å²) in [4.78, 5) is 19.3. The molecule has 1 aliphatic carbocycles. The molecular weight excluding hydrogens is 300 g/mol. The SMILES string of the molecule is CCCCCCN=C(NCC)NC1CCN(C(=O)C2CCCC2)C1. The van der Waals surface area contributed by atoms with Gasteiger partial charge >= 0.3 is 0 Å². The van der Waals surface area contributed by atoms with Crippen molar-refractivity contribution >= 4 is 11.9 Å². The van der Waals surface area contributed by atoms with Crippen molar-refractivity contribution in [1.29, 1.82) is 0 Å². The molecule has 0 aromatic rings. The molecule has 1 saturated heterocycles. The minimum atomic E-state index is 0.296. The van der Waals surface area contributed by atoms with Crippen molar-refractivity contribution in [3.63, 3.8) is 0 Å². The number of guanidine groups is 1. The summed E-state index contributed by atoms with van der Waals surface area (Å²) in [6.07, 6.45) is 10.6. The normalized spacial score (nSPS) is 22.2. The van der Waals surface area contributed by atoms with Gasteiger partial charge in [-0.3, -0.25) is 9.79 Å². The van der Waals surface area contributed by atoms with Crippen LogP contribution in [0.4, 0.5) is 0 Å². The van der Waals surface area contributed by atoms with Gasteiger partial charge in [0.15, 0.2) is 5.96 Å². The minimum absolute atomic E-state index is 0.296. The average molecular weight is 337 g/mol. The molecule has 1 heterocycles. The van der Waals surface area contributed by atoms with E-state index in [0.717, 1.165) is 57.8 Å². The second-order valence-corrected chi connectivity index (χ2v) is 7.22. The molecule has 1 saturated carbocycles. The number of aliphatic imine (C=N–C) groups is 1. The number of carbonyl (C=O) groups is 1. The number of amides is 1. The summed E-state index contributed by atoms with van der Waals surface area (Å²) in [5.41, 5.74) is 0. The summed E-state index contributed by atoms with van der Waals surface area (Å²) in [5.74, 6) is 1.59. The van der Waals surface area contributed by atoms with Gasteiger partial charge in [0.1, 0.15) is 0 Å². The lowest BCUT2D eigenvalue weighted by Crippen LogP contribution is -2.45. The van der Waals surface area contributed by atoms with Gasteiger partial charge in [-0.15, -0.1) is 0 Å². The maximum absolute atomic E-state index is 12.5. The monoisotopic (exact) mass is 336 g/mol. The number of nitrogens with one attached hydrogen (secondary N) is 2. The van der Waals surface area contributed by atoms with Crippen LogP contribution in [-0.4, -0.2) is 49.0 Å². The molecule has 2 rings (SSSR count). The molecule has 0 bridgehead atoms. The van der Waals surface area contributed by atoms with Crippen molar-refractivity contribution in [2.45, 2.75) is 77.7 Å².